The molecule has 0 unspecified atom stereocenters. The van der Waals surface area contributed by atoms with Crippen molar-refractivity contribution in [1.82, 2.24) is 0 Å². The molecule has 0 radical (unpaired) electrons. The molecule has 28 heavy (non-hydrogen) atoms. The SMILES string of the molecule is CCOc1ccc(OC(C)(C)C(=O)Nc2ccc(N3CCCC3=O)cc2)cc1. The van der Waals surface area contributed by atoms with Crippen molar-refractivity contribution in [3.8, 4) is 11.5 Å². The molecule has 1 aliphatic rings. The molecule has 0 aromatic heterocycles. The minimum Gasteiger partial charge on any atom is -0.494 e. The molecule has 1 N–H and O–H groups in total. The predicted octanol–water partition coefficient (Wildman–Crippen LogP) is 4.01. The van der Waals surface area contributed by atoms with E-state index in [1.165, 1.54) is 0 Å². The van der Waals surface area contributed by atoms with E-state index in [0.29, 0.717) is 24.5 Å². The van der Waals surface area contributed by atoms with Gasteiger partial charge >= 0.3 is 0 Å². The number of ether oxygens (including phenoxy) is 2. The van der Waals surface area contributed by atoms with E-state index in [1.54, 1.807) is 43.0 Å². The Labute approximate surface area is 165 Å². The van der Waals surface area contributed by atoms with Gasteiger partial charge in [-0.3, -0.25) is 9.59 Å². The number of nitrogens with one attached hydrogen (secondary N) is 1. The zero-order chi connectivity index (χ0) is 20.1. The van der Waals surface area contributed by atoms with E-state index in [1.807, 2.05) is 31.2 Å². The third-order valence-electron chi connectivity index (χ3n) is 4.56. The summed E-state index contributed by atoms with van der Waals surface area (Å²) >= 11 is 0. The Bertz CT molecular complexity index is 829. The number of benzene rings is 2. The van der Waals surface area contributed by atoms with Gasteiger partial charge in [0.15, 0.2) is 5.60 Å². The zero-order valence-electron chi connectivity index (χ0n) is 16.5. The molecular weight excluding hydrogens is 356 g/mol. The number of hydrogen-bond donors (Lipinski definition) is 1. The highest BCUT2D eigenvalue weighted by molar-refractivity contribution is 5.98. The topological polar surface area (TPSA) is 67.9 Å². The highest BCUT2D eigenvalue weighted by atomic mass is 16.5. The molecule has 1 saturated heterocycles. The third-order valence-corrected chi connectivity index (χ3v) is 4.56. The van der Waals surface area contributed by atoms with Crippen molar-refractivity contribution in [2.45, 2.75) is 39.2 Å². The van der Waals surface area contributed by atoms with Gasteiger partial charge < -0.3 is 19.7 Å². The molecule has 1 aliphatic heterocycles. The van der Waals surface area contributed by atoms with Gasteiger partial charge in [0.2, 0.25) is 5.91 Å². The summed E-state index contributed by atoms with van der Waals surface area (Å²) in [4.78, 5) is 26.3. The molecule has 0 atom stereocenters. The second-order valence-electron chi connectivity index (χ2n) is 7.17. The fourth-order valence-electron chi connectivity index (χ4n) is 3.04. The molecule has 2 aromatic carbocycles. The lowest BCUT2D eigenvalue weighted by atomic mass is 10.1. The maximum atomic E-state index is 12.7. The quantitative estimate of drug-likeness (QED) is 0.786. The molecular formula is C22H26N2O4. The van der Waals surface area contributed by atoms with Crippen LogP contribution >= 0.6 is 0 Å². The minimum absolute atomic E-state index is 0.140. The van der Waals surface area contributed by atoms with E-state index < -0.39 is 5.60 Å². The van der Waals surface area contributed by atoms with Crippen LogP contribution in [0.1, 0.15) is 33.6 Å². The van der Waals surface area contributed by atoms with Gasteiger partial charge in [0.05, 0.1) is 6.61 Å². The summed E-state index contributed by atoms with van der Waals surface area (Å²) in [5, 5.41) is 2.87. The van der Waals surface area contributed by atoms with Gasteiger partial charge in [-0.05, 0) is 75.7 Å². The second-order valence-corrected chi connectivity index (χ2v) is 7.17. The maximum absolute atomic E-state index is 12.7. The summed E-state index contributed by atoms with van der Waals surface area (Å²) in [5.41, 5.74) is 0.450. The van der Waals surface area contributed by atoms with Gasteiger partial charge in [-0.15, -0.1) is 0 Å². The molecule has 3 rings (SSSR count). The number of anilines is 2. The fraction of sp³-hybridized carbons (Fsp3) is 0.364. The van der Waals surface area contributed by atoms with Crippen LogP contribution in [0, 0.1) is 0 Å². The average molecular weight is 382 g/mol. The van der Waals surface area contributed by atoms with Crippen LogP contribution in [0.5, 0.6) is 11.5 Å². The molecule has 2 aromatic rings. The lowest BCUT2D eigenvalue weighted by molar-refractivity contribution is -0.128. The molecule has 1 heterocycles. The number of carbonyl (C=O) groups excluding carboxylic acids is 2. The average Bonchev–Trinajstić information content (AvgIpc) is 3.10. The number of rotatable bonds is 7. The van der Waals surface area contributed by atoms with Crippen molar-refractivity contribution in [3.05, 3.63) is 48.5 Å². The summed E-state index contributed by atoms with van der Waals surface area (Å²) in [5.74, 6) is 1.23. The molecule has 0 bridgehead atoms. The monoisotopic (exact) mass is 382 g/mol. The first-order chi connectivity index (χ1) is 13.4. The standard InChI is InChI=1S/C22H26N2O4/c1-4-27-18-11-13-19(14-12-18)28-22(2,3)21(26)23-16-7-9-17(10-8-16)24-15-5-6-20(24)25/h7-14H,4-6,15H2,1-3H3,(H,23,26). The van der Waals surface area contributed by atoms with Crippen LogP contribution in [0.3, 0.4) is 0 Å². The normalized spacial score (nSPS) is 14.1. The Hall–Kier alpha value is -3.02. The second kappa shape index (κ2) is 8.33. The van der Waals surface area contributed by atoms with Crippen LogP contribution in [-0.2, 0) is 9.59 Å². The number of carbonyl (C=O) groups is 2. The van der Waals surface area contributed by atoms with Crippen LogP contribution in [0.2, 0.25) is 0 Å². The Morgan fingerprint density at radius 3 is 2.29 bits per heavy atom. The first-order valence-electron chi connectivity index (χ1n) is 9.53. The minimum atomic E-state index is -1.06. The van der Waals surface area contributed by atoms with Crippen LogP contribution in [0.15, 0.2) is 48.5 Å². The van der Waals surface area contributed by atoms with Gasteiger partial charge in [-0.1, -0.05) is 0 Å². The van der Waals surface area contributed by atoms with E-state index >= 15 is 0 Å². The van der Waals surface area contributed by atoms with Crippen molar-refractivity contribution in [3.63, 3.8) is 0 Å². The first-order valence-corrected chi connectivity index (χ1v) is 9.53. The lowest BCUT2D eigenvalue weighted by Gasteiger charge is -2.25. The van der Waals surface area contributed by atoms with E-state index in [2.05, 4.69) is 5.32 Å². The van der Waals surface area contributed by atoms with E-state index in [9.17, 15) is 9.59 Å². The Morgan fingerprint density at radius 1 is 1.07 bits per heavy atom. The third kappa shape index (κ3) is 4.63. The number of amides is 2. The molecule has 1 fully saturated rings. The smallest absolute Gasteiger partial charge is 0.267 e. The molecule has 2 amide bonds. The largest absolute Gasteiger partial charge is 0.494 e. The highest BCUT2D eigenvalue weighted by Gasteiger charge is 2.30. The number of nitrogens with zero attached hydrogens (tertiary/aromatic N) is 1. The zero-order valence-corrected chi connectivity index (χ0v) is 16.5. The molecule has 148 valence electrons. The first kappa shape index (κ1) is 19.7. The molecule has 0 saturated carbocycles. The summed E-state index contributed by atoms with van der Waals surface area (Å²) < 4.78 is 11.3. The van der Waals surface area contributed by atoms with Crippen molar-refractivity contribution in [2.75, 3.05) is 23.4 Å². The Kier molecular flexibility index (Phi) is 5.87. The summed E-state index contributed by atoms with van der Waals surface area (Å²) in [7, 11) is 0. The predicted molar refractivity (Wildman–Crippen MR) is 109 cm³/mol. The van der Waals surface area contributed by atoms with Gasteiger partial charge in [-0.25, -0.2) is 0 Å². The maximum Gasteiger partial charge on any atom is 0.267 e. The lowest BCUT2D eigenvalue weighted by Crippen LogP contribution is -2.42. The Balaban J connectivity index is 1.61. The number of hydrogen-bond acceptors (Lipinski definition) is 4. The van der Waals surface area contributed by atoms with Gasteiger partial charge in [-0.2, -0.15) is 0 Å². The van der Waals surface area contributed by atoms with E-state index in [-0.39, 0.29) is 11.8 Å². The fourth-order valence-corrected chi connectivity index (χ4v) is 3.04. The Morgan fingerprint density at radius 2 is 1.71 bits per heavy atom. The molecule has 6 nitrogen and oxygen atoms in total. The van der Waals surface area contributed by atoms with Gasteiger partial charge in [0.25, 0.3) is 5.91 Å². The summed E-state index contributed by atoms with van der Waals surface area (Å²) in [6.45, 7) is 6.70. The molecule has 6 heteroatoms. The van der Waals surface area contributed by atoms with Gasteiger partial charge in [0, 0.05) is 24.3 Å². The van der Waals surface area contributed by atoms with Crippen LogP contribution in [0.25, 0.3) is 0 Å². The molecule has 0 aliphatic carbocycles. The van der Waals surface area contributed by atoms with E-state index in [4.69, 9.17) is 9.47 Å². The summed E-state index contributed by atoms with van der Waals surface area (Å²) in [6, 6.07) is 14.5. The van der Waals surface area contributed by atoms with Crippen LogP contribution in [-0.4, -0.2) is 30.6 Å². The van der Waals surface area contributed by atoms with Crippen molar-refractivity contribution in [2.24, 2.45) is 0 Å². The van der Waals surface area contributed by atoms with Crippen molar-refractivity contribution >= 4 is 23.2 Å². The van der Waals surface area contributed by atoms with E-state index in [0.717, 1.165) is 24.4 Å². The molecule has 0 spiro atoms. The summed E-state index contributed by atoms with van der Waals surface area (Å²) in [6.07, 6.45) is 1.48. The highest BCUT2D eigenvalue weighted by Crippen LogP contribution is 2.25. The van der Waals surface area contributed by atoms with Gasteiger partial charge in [0.1, 0.15) is 11.5 Å². The van der Waals surface area contributed by atoms with Crippen LogP contribution in [0.4, 0.5) is 11.4 Å². The van der Waals surface area contributed by atoms with Crippen molar-refractivity contribution < 1.29 is 19.1 Å². The van der Waals surface area contributed by atoms with Crippen molar-refractivity contribution in [1.29, 1.82) is 0 Å². The van der Waals surface area contributed by atoms with Crippen LogP contribution < -0.4 is 19.7 Å².